The molecule has 0 aliphatic rings. The first-order chi connectivity index (χ1) is 11.5. The van der Waals surface area contributed by atoms with Crippen LogP contribution in [-0.2, 0) is 20.7 Å². The third-order valence-corrected chi connectivity index (χ3v) is 3.24. The van der Waals surface area contributed by atoms with E-state index in [2.05, 4.69) is 5.32 Å². The van der Waals surface area contributed by atoms with Crippen molar-refractivity contribution in [1.82, 2.24) is 0 Å². The van der Waals surface area contributed by atoms with Gasteiger partial charge in [0.05, 0.1) is 11.3 Å². The van der Waals surface area contributed by atoms with Crippen molar-refractivity contribution >= 4 is 23.3 Å². The minimum absolute atomic E-state index is 0.157. The second kappa shape index (κ2) is 7.87. The molecule has 24 heavy (non-hydrogen) atoms. The number of nitrogens with one attached hydrogen (secondary N) is 1. The van der Waals surface area contributed by atoms with Gasteiger partial charge in [-0.25, -0.2) is 0 Å². The lowest BCUT2D eigenvalue weighted by Crippen LogP contribution is -2.30. The van der Waals surface area contributed by atoms with E-state index in [1.807, 2.05) is 6.07 Å². The lowest BCUT2D eigenvalue weighted by atomic mass is 10.1. The van der Waals surface area contributed by atoms with Crippen molar-refractivity contribution in [2.24, 2.45) is 0 Å². The molecule has 0 bridgehead atoms. The summed E-state index contributed by atoms with van der Waals surface area (Å²) in [6, 6.07) is 14.7. The van der Waals surface area contributed by atoms with E-state index in [0.717, 1.165) is 0 Å². The highest BCUT2D eigenvalue weighted by Gasteiger charge is 2.21. The first-order valence-corrected chi connectivity index (χ1v) is 7.25. The second-order valence-electron chi connectivity index (χ2n) is 5.05. The summed E-state index contributed by atoms with van der Waals surface area (Å²) in [5.41, 5.74) is 0.670. The van der Waals surface area contributed by atoms with Crippen molar-refractivity contribution in [1.29, 1.82) is 0 Å². The predicted octanol–water partition coefficient (Wildman–Crippen LogP) is 2.71. The zero-order valence-corrected chi connectivity index (χ0v) is 13.0. The lowest BCUT2D eigenvalue weighted by Gasteiger charge is -2.13. The molecule has 0 radical (unpaired) electrons. The van der Waals surface area contributed by atoms with Gasteiger partial charge in [0.25, 0.3) is 11.6 Å². The van der Waals surface area contributed by atoms with Crippen molar-refractivity contribution in [2.45, 2.75) is 19.4 Å². The summed E-state index contributed by atoms with van der Waals surface area (Å²) in [5.74, 6) is -1.18. The Balaban J connectivity index is 1.94. The zero-order chi connectivity index (χ0) is 17.5. The van der Waals surface area contributed by atoms with Gasteiger partial charge in [-0.15, -0.1) is 0 Å². The van der Waals surface area contributed by atoms with Crippen LogP contribution in [0.3, 0.4) is 0 Å². The molecule has 124 valence electrons. The topological polar surface area (TPSA) is 98.5 Å². The van der Waals surface area contributed by atoms with E-state index in [1.54, 1.807) is 30.3 Å². The van der Waals surface area contributed by atoms with E-state index in [1.165, 1.54) is 25.1 Å². The number of carbonyl (C=O) groups excluding carboxylic acids is 2. The maximum absolute atomic E-state index is 12.0. The van der Waals surface area contributed by atoms with Crippen molar-refractivity contribution in [3.8, 4) is 0 Å². The van der Waals surface area contributed by atoms with E-state index in [0.29, 0.717) is 5.69 Å². The summed E-state index contributed by atoms with van der Waals surface area (Å²) in [4.78, 5) is 34.3. The molecule has 0 saturated carbocycles. The van der Waals surface area contributed by atoms with Crippen LogP contribution in [0.4, 0.5) is 11.4 Å². The van der Waals surface area contributed by atoms with Crippen LogP contribution in [-0.4, -0.2) is 22.9 Å². The summed E-state index contributed by atoms with van der Waals surface area (Å²) in [5, 5.41) is 13.5. The Kier molecular flexibility index (Phi) is 5.62. The molecule has 0 aliphatic heterocycles. The van der Waals surface area contributed by atoms with Crippen LogP contribution in [0.1, 0.15) is 12.5 Å². The summed E-state index contributed by atoms with van der Waals surface area (Å²) < 4.78 is 5.05. The van der Waals surface area contributed by atoms with Gasteiger partial charge in [-0.2, -0.15) is 0 Å². The van der Waals surface area contributed by atoms with Crippen LogP contribution in [0.25, 0.3) is 0 Å². The highest BCUT2D eigenvalue weighted by atomic mass is 16.6. The molecule has 7 heteroatoms. The first-order valence-electron chi connectivity index (χ1n) is 7.25. The van der Waals surface area contributed by atoms with Crippen LogP contribution >= 0.6 is 0 Å². The fraction of sp³-hybridized carbons (Fsp3) is 0.176. The molecule has 0 fully saturated rings. The summed E-state index contributed by atoms with van der Waals surface area (Å²) >= 11 is 0. The molecule has 2 aromatic rings. The lowest BCUT2D eigenvalue weighted by molar-refractivity contribution is -0.385. The van der Waals surface area contributed by atoms with Crippen LogP contribution < -0.4 is 5.32 Å². The normalized spacial score (nSPS) is 11.4. The van der Waals surface area contributed by atoms with Crippen LogP contribution in [0, 0.1) is 10.1 Å². The van der Waals surface area contributed by atoms with Gasteiger partial charge < -0.3 is 10.1 Å². The van der Waals surface area contributed by atoms with E-state index < -0.39 is 22.9 Å². The van der Waals surface area contributed by atoms with Crippen LogP contribution in [0.15, 0.2) is 54.6 Å². The van der Waals surface area contributed by atoms with E-state index in [4.69, 9.17) is 4.74 Å². The number of carbonyl (C=O) groups is 2. The first kappa shape index (κ1) is 17.1. The van der Waals surface area contributed by atoms with Crippen molar-refractivity contribution < 1.29 is 19.2 Å². The van der Waals surface area contributed by atoms with Crippen LogP contribution in [0.2, 0.25) is 0 Å². The second-order valence-corrected chi connectivity index (χ2v) is 5.05. The number of nitro benzene ring substituents is 1. The smallest absolute Gasteiger partial charge is 0.311 e. The predicted molar refractivity (Wildman–Crippen MR) is 87.4 cm³/mol. The van der Waals surface area contributed by atoms with Gasteiger partial charge in [0.15, 0.2) is 6.10 Å². The molecule has 1 N–H and O–H groups in total. The van der Waals surface area contributed by atoms with Gasteiger partial charge >= 0.3 is 5.97 Å². The number of hydrogen-bond donors (Lipinski definition) is 1. The van der Waals surface area contributed by atoms with Gasteiger partial charge in [0, 0.05) is 17.3 Å². The SMILES string of the molecule is C[C@@H](OC(=O)Cc1ccccc1[N+](=O)[O-])C(=O)Nc1ccccc1. The fourth-order valence-electron chi connectivity index (χ4n) is 2.05. The minimum atomic E-state index is -1.01. The zero-order valence-electron chi connectivity index (χ0n) is 13.0. The quantitative estimate of drug-likeness (QED) is 0.499. The number of amides is 1. The Morgan fingerprint density at radius 2 is 1.75 bits per heavy atom. The summed E-state index contributed by atoms with van der Waals surface area (Å²) in [6.07, 6.45) is -1.29. The van der Waals surface area contributed by atoms with E-state index in [9.17, 15) is 19.7 Å². The standard InChI is InChI=1S/C17H16N2O5/c1-12(17(21)18-14-8-3-2-4-9-14)24-16(20)11-13-7-5-6-10-15(13)19(22)23/h2-10,12H,11H2,1H3,(H,18,21)/t12-/m1/s1. The Hall–Kier alpha value is -3.22. The average molecular weight is 328 g/mol. The molecular weight excluding hydrogens is 312 g/mol. The molecule has 1 atom stereocenters. The molecule has 0 heterocycles. The maximum Gasteiger partial charge on any atom is 0.311 e. The van der Waals surface area contributed by atoms with Crippen molar-refractivity contribution in [3.63, 3.8) is 0 Å². The summed E-state index contributed by atoms with van der Waals surface area (Å²) in [7, 11) is 0. The Morgan fingerprint density at radius 3 is 2.42 bits per heavy atom. The number of anilines is 1. The molecule has 0 saturated heterocycles. The van der Waals surface area contributed by atoms with Gasteiger partial charge in [-0.1, -0.05) is 36.4 Å². The molecule has 0 unspecified atom stereocenters. The van der Waals surface area contributed by atoms with E-state index in [-0.39, 0.29) is 17.7 Å². The van der Waals surface area contributed by atoms with Gasteiger partial charge in [0.1, 0.15) is 0 Å². The molecule has 2 rings (SSSR count). The fourth-order valence-corrected chi connectivity index (χ4v) is 2.05. The van der Waals surface area contributed by atoms with Crippen molar-refractivity contribution in [3.05, 3.63) is 70.3 Å². The van der Waals surface area contributed by atoms with Crippen molar-refractivity contribution in [2.75, 3.05) is 5.32 Å². The molecule has 1 amide bonds. The number of nitro groups is 1. The Morgan fingerprint density at radius 1 is 1.12 bits per heavy atom. The number of para-hydroxylation sites is 2. The van der Waals surface area contributed by atoms with Gasteiger partial charge in [-0.3, -0.25) is 19.7 Å². The number of benzene rings is 2. The number of ether oxygens (including phenoxy) is 1. The highest BCUT2D eigenvalue weighted by Crippen LogP contribution is 2.18. The monoisotopic (exact) mass is 328 g/mol. The highest BCUT2D eigenvalue weighted by molar-refractivity contribution is 5.95. The third-order valence-electron chi connectivity index (χ3n) is 3.24. The molecule has 7 nitrogen and oxygen atoms in total. The molecular formula is C17H16N2O5. The maximum atomic E-state index is 12.0. The largest absolute Gasteiger partial charge is 0.452 e. The number of rotatable bonds is 6. The van der Waals surface area contributed by atoms with E-state index >= 15 is 0 Å². The molecule has 0 aliphatic carbocycles. The molecule has 0 aromatic heterocycles. The molecule has 2 aromatic carbocycles. The summed E-state index contributed by atoms with van der Waals surface area (Å²) in [6.45, 7) is 1.44. The number of esters is 1. The third kappa shape index (κ3) is 4.64. The number of nitrogens with zero attached hydrogens (tertiary/aromatic N) is 1. The molecule has 0 spiro atoms. The average Bonchev–Trinajstić information content (AvgIpc) is 2.55. The van der Waals surface area contributed by atoms with Crippen LogP contribution in [0.5, 0.6) is 0 Å². The minimum Gasteiger partial charge on any atom is -0.452 e. The Bertz CT molecular complexity index is 746. The Labute approximate surface area is 138 Å². The van der Waals surface area contributed by atoms with Gasteiger partial charge in [-0.05, 0) is 19.1 Å². The van der Waals surface area contributed by atoms with Gasteiger partial charge in [0.2, 0.25) is 0 Å². The number of hydrogen-bond acceptors (Lipinski definition) is 5.